The monoisotopic (exact) mass is 399 g/mol. The second kappa shape index (κ2) is 8.12. The van der Waals surface area contributed by atoms with Crippen LogP contribution in [0.2, 0.25) is 0 Å². The number of amides is 1. The Kier molecular flexibility index (Phi) is 6.06. The number of thioether (sulfide) groups is 1. The standard InChI is InChI=1S/C17H25N3O4S2/c1-2-19-9-7-15(21)18-17(19)25-11-16(22)20(13-5-3-4-6-13)14-8-10-26(23,24)12-14/h7,9,13-14H,2-6,8,10-12H2,1H3. The molecule has 2 heterocycles. The zero-order chi connectivity index (χ0) is 18.7. The summed E-state index contributed by atoms with van der Waals surface area (Å²) >= 11 is 1.25. The van der Waals surface area contributed by atoms with Crippen molar-refractivity contribution >= 4 is 27.5 Å². The Bertz CT molecular complexity index is 816. The zero-order valence-corrected chi connectivity index (χ0v) is 16.6. The normalized spacial score (nSPS) is 22.6. The Morgan fingerprint density at radius 1 is 1.31 bits per heavy atom. The van der Waals surface area contributed by atoms with E-state index >= 15 is 0 Å². The molecule has 1 saturated heterocycles. The zero-order valence-electron chi connectivity index (χ0n) is 15.0. The van der Waals surface area contributed by atoms with Gasteiger partial charge in [-0.15, -0.1) is 0 Å². The molecule has 7 nitrogen and oxygen atoms in total. The first-order valence-corrected chi connectivity index (χ1v) is 11.9. The molecule has 1 unspecified atom stereocenters. The van der Waals surface area contributed by atoms with Crippen LogP contribution in [0.4, 0.5) is 0 Å². The van der Waals surface area contributed by atoms with Gasteiger partial charge in [0.25, 0.3) is 5.56 Å². The molecule has 1 aliphatic carbocycles. The first-order chi connectivity index (χ1) is 12.4. The molecule has 0 N–H and O–H groups in total. The second-order valence-electron chi connectivity index (χ2n) is 6.92. The number of carbonyl (C=O) groups is 1. The van der Waals surface area contributed by atoms with Crippen LogP contribution in [-0.2, 0) is 21.2 Å². The lowest BCUT2D eigenvalue weighted by Crippen LogP contribution is -2.47. The van der Waals surface area contributed by atoms with E-state index in [0.29, 0.717) is 18.1 Å². The van der Waals surface area contributed by atoms with Gasteiger partial charge >= 0.3 is 0 Å². The van der Waals surface area contributed by atoms with Crippen LogP contribution in [0.15, 0.2) is 22.2 Å². The van der Waals surface area contributed by atoms with E-state index in [1.165, 1.54) is 17.8 Å². The number of carbonyl (C=O) groups excluding carboxylic acids is 1. The van der Waals surface area contributed by atoms with Crippen LogP contribution >= 0.6 is 11.8 Å². The highest BCUT2D eigenvalue weighted by Gasteiger charge is 2.38. The highest BCUT2D eigenvalue weighted by molar-refractivity contribution is 7.99. The summed E-state index contributed by atoms with van der Waals surface area (Å²) in [6.45, 7) is 2.61. The summed E-state index contributed by atoms with van der Waals surface area (Å²) in [5, 5.41) is 0.527. The summed E-state index contributed by atoms with van der Waals surface area (Å²) in [5.41, 5.74) is -0.320. The summed E-state index contributed by atoms with van der Waals surface area (Å²) in [4.78, 5) is 30.3. The molecule has 1 aromatic rings. The molecule has 0 bridgehead atoms. The van der Waals surface area contributed by atoms with E-state index in [4.69, 9.17) is 0 Å². The van der Waals surface area contributed by atoms with Crippen LogP contribution in [0.5, 0.6) is 0 Å². The quantitative estimate of drug-likeness (QED) is 0.529. The molecule has 1 saturated carbocycles. The molecule has 1 atom stereocenters. The first-order valence-electron chi connectivity index (χ1n) is 9.11. The predicted octanol–water partition coefficient (Wildman–Crippen LogP) is 1.31. The maximum Gasteiger partial charge on any atom is 0.273 e. The van der Waals surface area contributed by atoms with Crippen LogP contribution in [0.25, 0.3) is 0 Å². The molecule has 9 heteroatoms. The lowest BCUT2D eigenvalue weighted by Gasteiger charge is -2.34. The van der Waals surface area contributed by atoms with Crippen LogP contribution in [0.3, 0.4) is 0 Å². The Balaban J connectivity index is 1.74. The van der Waals surface area contributed by atoms with Crippen LogP contribution in [0.1, 0.15) is 39.0 Å². The molecule has 0 aromatic carbocycles. The molecule has 3 rings (SSSR count). The molecule has 1 aliphatic heterocycles. The molecule has 144 valence electrons. The van der Waals surface area contributed by atoms with E-state index < -0.39 is 9.84 Å². The van der Waals surface area contributed by atoms with Crippen molar-refractivity contribution in [3.63, 3.8) is 0 Å². The Morgan fingerprint density at radius 3 is 2.65 bits per heavy atom. The lowest BCUT2D eigenvalue weighted by atomic mass is 10.1. The van der Waals surface area contributed by atoms with Gasteiger partial charge in [-0.3, -0.25) is 9.59 Å². The van der Waals surface area contributed by atoms with Crippen LogP contribution in [-0.4, -0.2) is 58.1 Å². The number of hydrogen-bond donors (Lipinski definition) is 0. The van der Waals surface area contributed by atoms with Gasteiger partial charge in [-0.1, -0.05) is 24.6 Å². The minimum Gasteiger partial charge on any atom is -0.335 e. The lowest BCUT2D eigenvalue weighted by molar-refractivity contribution is -0.132. The van der Waals surface area contributed by atoms with Crippen molar-refractivity contribution in [2.45, 2.75) is 62.8 Å². The number of hydrogen-bond acceptors (Lipinski definition) is 6. The largest absolute Gasteiger partial charge is 0.335 e. The molecule has 0 spiro atoms. The molecule has 0 radical (unpaired) electrons. The van der Waals surface area contributed by atoms with Gasteiger partial charge in [-0.05, 0) is 26.2 Å². The highest BCUT2D eigenvalue weighted by Crippen LogP contribution is 2.30. The molecule has 1 amide bonds. The highest BCUT2D eigenvalue weighted by atomic mass is 32.2. The van der Waals surface area contributed by atoms with Crippen molar-refractivity contribution < 1.29 is 13.2 Å². The summed E-state index contributed by atoms with van der Waals surface area (Å²) in [6.07, 6.45) is 6.25. The third-order valence-electron chi connectivity index (χ3n) is 5.12. The van der Waals surface area contributed by atoms with Gasteiger partial charge in [0.1, 0.15) is 0 Å². The van der Waals surface area contributed by atoms with Crippen molar-refractivity contribution in [2.24, 2.45) is 0 Å². The Hall–Kier alpha value is -1.35. The molecular formula is C17H25N3O4S2. The topological polar surface area (TPSA) is 89.3 Å². The number of sulfone groups is 1. The number of aryl methyl sites for hydroxylation is 1. The Morgan fingerprint density at radius 2 is 2.04 bits per heavy atom. The van der Waals surface area contributed by atoms with Gasteiger partial charge < -0.3 is 9.47 Å². The number of rotatable bonds is 6. The van der Waals surface area contributed by atoms with Gasteiger partial charge in [-0.25, -0.2) is 8.42 Å². The molecule has 26 heavy (non-hydrogen) atoms. The molecule has 2 aliphatic rings. The minimum atomic E-state index is -3.05. The van der Waals surface area contributed by atoms with Crippen molar-refractivity contribution in [1.29, 1.82) is 0 Å². The van der Waals surface area contributed by atoms with Gasteiger partial charge in [0.05, 0.1) is 17.3 Å². The molecule has 1 aromatic heterocycles. The van der Waals surface area contributed by atoms with Crippen molar-refractivity contribution in [3.05, 3.63) is 22.6 Å². The first kappa shape index (κ1) is 19.4. The van der Waals surface area contributed by atoms with Crippen molar-refractivity contribution in [3.8, 4) is 0 Å². The molecular weight excluding hydrogens is 374 g/mol. The van der Waals surface area contributed by atoms with E-state index in [1.54, 1.807) is 6.20 Å². The van der Waals surface area contributed by atoms with Crippen molar-refractivity contribution in [1.82, 2.24) is 14.5 Å². The van der Waals surface area contributed by atoms with Gasteiger partial charge in [0.15, 0.2) is 15.0 Å². The maximum atomic E-state index is 13.0. The van der Waals surface area contributed by atoms with Crippen LogP contribution < -0.4 is 5.56 Å². The fraction of sp³-hybridized carbons (Fsp3) is 0.706. The fourth-order valence-corrected chi connectivity index (χ4v) is 6.48. The average Bonchev–Trinajstić information content (AvgIpc) is 3.23. The van der Waals surface area contributed by atoms with Crippen LogP contribution in [0, 0.1) is 0 Å². The van der Waals surface area contributed by atoms with E-state index in [9.17, 15) is 18.0 Å². The number of aromatic nitrogens is 2. The SMILES string of the molecule is CCn1ccc(=O)nc1SCC(=O)N(C1CCCC1)C1CCS(=O)(=O)C1. The Labute approximate surface area is 158 Å². The van der Waals surface area contributed by atoms with Gasteiger partial charge in [-0.2, -0.15) is 4.98 Å². The molecule has 2 fully saturated rings. The fourth-order valence-electron chi connectivity index (χ4n) is 3.85. The average molecular weight is 400 g/mol. The minimum absolute atomic E-state index is 0.0512. The smallest absolute Gasteiger partial charge is 0.273 e. The third kappa shape index (κ3) is 4.49. The van der Waals surface area contributed by atoms with E-state index in [2.05, 4.69) is 4.98 Å². The summed E-state index contributed by atoms with van der Waals surface area (Å²) < 4.78 is 25.6. The summed E-state index contributed by atoms with van der Waals surface area (Å²) in [5.74, 6) is 0.355. The van der Waals surface area contributed by atoms with E-state index in [1.807, 2.05) is 16.4 Å². The van der Waals surface area contributed by atoms with Gasteiger partial charge in [0, 0.05) is 30.9 Å². The van der Waals surface area contributed by atoms with E-state index in [0.717, 1.165) is 25.7 Å². The maximum absolute atomic E-state index is 13.0. The second-order valence-corrected chi connectivity index (χ2v) is 10.1. The third-order valence-corrected chi connectivity index (χ3v) is 7.85. The summed E-state index contributed by atoms with van der Waals surface area (Å²) in [7, 11) is -3.05. The predicted molar refractivity (Wildman–Crippen MR) is 101 cm³/mol. The van der Waals surface area contributed by atoms with Gasteiger partial charge in [0.2, 0.25) is 5.91 Å². The summed E-state index contributed by atoms with van der Waals surface area (Å²) in [6, 6.07) is 1.33. The van der Waals surface area contributed by atoms with E-state index in [-0.39, 0.29) is 40.8 Å². The number of nitrogens with zero attached hydrogens (tertiary/aromatic N) is 3. The van der Waals surface area contributed by atoms with Crippen molar-refractivity contribution in [2.75, 3.05) is 17.3 Å².